The minimum absolute atomic E-state index is 0.0346. The second-order valence-corrected chi connectivity index (χ2v) is 26.2. The highest BCUT2D eigenvalue weighted by Crippen LogP contribution is 2.77. The molecule has 0 N–H and O–H groups in total. The molecule has 0 bridgehead atoms. The van der Waals surface area contributed by atoms with Crippen molar-refractivity contribution < 1.29 is 0 Å². The van der Waals surface area contributed by atoms with Gasteiger partial charge in [-0.15, -0.1) is 0 Å². The fourth-order valence-corrected chi connectivity index (χ4v) is 15.4. The molecular weight excluding hydrogens is 687 g/mol. The monoisotopic (exact) mass is 756 g/mol. The zero-order chi connectivity index (χ0) is 40.4. The smallest absolute Gasteiger partial charge is 0.00447 e. The maximum Gasteiger partial charge on any atom is -0.00447 e. The number of rotatable bonds is 4. The van der Waals surface area contributed by atoms with Gasteiger partial charge in [-0.2, -0.15) is 0 Å². The third-order valence-electron chi connectivity index (χ3n) is 10.8. The summed E-state index contributed by atoms with van der Waals surface area (Å²) in [5.74, 6) is 2.78. The molecule has 0 amide bonds. The zero-order valence-electron chi connectivity index (χ0n) is 37.1. The van der Waals surface area contributed by atoms with E-state index in [-0.39, 0.29) is 32.5 Å². The normalized spacial score (nSPS) is 18.3. The van der Waals surface area contributed by atoms with Crippen LogP contribution >= 0.6 is 15.8 Å². The fourth-order valence-electron chi connectivity index (χ4n) is 7.46. The lowest BCUT2D eigenvalue weighted by molar-refractivity contribution is 0.553. The standard InChI is InChI=1S/C52H70P2/c1-47(2,3)37-30-39(49(7,8)9)45(40(31-37)50(10,11)12)53-34-43(36-27-23-20-24-28-36)54(44(53)29-35-25-21-19-22-26-35)46-41(51(13,14)15)32-38(48(4,5)6)33-42(46)52(16,17)18/h19-34H,1-18H3. The lowest BCUT2D eigenvalue weighted by atomic mass is 9.75. The van der Waals surface area contributed by atoms with E-state index in [0.29, 0.717) is 0 Å². The Bertz CT molecular complexity index is 1960. The Morgan fingerprint density at radius 2 is 0.759 bits per heavy atom. The lowest BCUT2D eigenvalue weighted by Gasteiger charge is -2.38. The molecule has 2 unspecified atom stereocenters. The minimum atomic E-state index is -0.924. The first kappa shape index (κ1) is 42.4. The summed E-state index contributed by atoms with van der Waals surface area (Å²) < 4.78 is 0. The molecule has 0 nitrogen and oxygen atoms in total. The average Bonchev–Trinajstić information content (AvgIpc) is 3.40. The first-order valence-electron chi connectivity index (χ1n) is 20.1. The van der Waals surface area contributed by atoms with Gasteiger partial charge in [0.2, 0.25) is 0 Å². The van der Waals surface area contributed by atoms with Crippen molar-refractivity contribution in [2.75, 3.05) is 0 Å². The van der Waals surface area contributed by atoms with E-state index < -0.39 is 15.8 Å². The van der Waals surface area contributed by atoms with Gasteiger partial charge in [0.15, 0.2) is 0 Å². The van der Waals surface area contributed by atoms with Crippen molar-refractivity contribution in [3.05, 3.63) is 140 Å². The third kappa shape index (κ3) is 8.93. The molecule has 4 aromatic carbocycles. The summed E-state index contributed by atoms with van der Waals surface area (Å²) in [5, 5.41) is 6.25. The topological polar surface area (TPSA) is 0 Å². The summed E-state index contributed by atoms with van der Waals surface area (Å²) in [5.41, 5.74) is 11.4. The Balaban J connectivity index is 2.05. The molecule has 2 heteroatoms. The molecule has 0 aliphatic carbocycles. The van der Waals surface area contributed by atoms with Crippen molar-refractivity contribution in [1.82, 2.24) is 0 Å². The molecule has 2 atom stereocenters. The largest absolute Gasteiger partial charge is 0.0622 e. The van der Waals surface area contributed by atoms with Crippen LogP contribution in [-0.4, -0.2) is 0 Å². The van der Waals surface area contributed by atoms with Crippen molar-refractivity contribution >= 4 is 37.8 Å². The maximum absolute atomic E-state index is 2.78. The van der Waals surface area contributed by atoms with Crippen LogP contribution in [0.1, 0.15) is 169 Å². The van der Waals surface area contributed by atoms with Crippen LogP contribution in [0.5, 0.6) is 0 Å². The van der Waals surface area contributed by atoms with Gasteiger partial charge in [0, 0.05) is 0 Å². The van der Waals surface area contributed by atoms with E-state index in [0.717, 1.165) is 0 Å². The quantitative estimate of drug-likeness (QED) is 0.182. The molecule has 5 rings (SSSR count). The highest BCUT2D eigenvalue weighted by molar-refractivity contribution is 7.98. The van der Waals surface area contributed by atoms with E-state index in [1.54, 1.807) is 15.7 Å². The Hall–Kier alpha value is -2.78. The van der Waals surface area contributed by atoms with E-state index in [9.17, 15) is 0 Å². The van der Waals surface area contributed by atoms with Crippen LogP contribution in [0.15, 0.2) is 95.8 Å². The molecule has 0 saturated heterocycles. The number of hydrogen-bond donors (Lipinski definition) is 0. The fraction of sp³-hybridized carbons (Fsp3) is 0.462. The Morgan fingerprint density at radius 3 is 1.11 bits per heavy atom. The molecular formula is C52H70P2. The van der Waals surface area contributed by atoms with E-state index in [1.165, 1.54) is 49.8 Å². The van der Waals surface area contributed by atoms with E-state index >= 15 is 0 Å². The first-order valence-corrected chi connectivity index (χ1v) is 22.9. The third-order valence-corrected chi connectivity index (χ3v) is 16.7. The van der Waals surface area contributed by atoms with Crippen LogP contribution in [-0.2, 0) is 32.5 Å². The van der Waals surface area contributed by atoms with Crippen molar-refractivity contribution in [1.29, 1.82) is 0 Å². The molecule has 1 heterocycles. The van der Waals surface area contributed by atoms with Crippen molar-refractivity contribution in [3.8, 4) is 0 Å². The van der Waals surface area contributed by atoms with Crippen LogP contribution in [0.4, 0.5) is 0 Å². The van der Waals surface area contributed by atoms with Gasteiger partial charge in [0.05, 0.1) is 0 Å². The van der Waals surface area contributed by atoms with E-state index in [4.69, 9.17) is 0 Å². The van der Waals surface area contributed by atoms with Gasteiger partial charge < -0.3 is 0 Å². The average molecular weight is 757 g/mol. The van der Waals surface area contributed by atoms with Crippen LogP contribution in [0.2, 0.25) is 0 Å². The maximum atomic E-state index is 2.78. The highest BCUT2D eigenvalue weighted by Gasteiger charge is 2.43. The molecule has 54 heavy (non-hydrogen) atoms. The highest BCUT2D eigenvalue weighted by atomic mass is 31.2. The van der Waals surface area contributed by atoms with Gasteiger partial charge in [-0.25, -0.2) is 0 Å². The summed E-state index contributed by atoms with van der Waals surface area (Å²) >= 11 is 0. The van der Waals surface area contributed by atoms with Crippen LogP contribution < -0.4 is 10.6 Å². The summed E-state index contributed by atoms with van der Waals surface area (Å²) in [6, 6.07) is 32.9. The van der Waals surface area contributed by atoms with Crippen LogP contribution in [0.3, 0.4) is 0 Å². The molecule has 288 valence electrons. The molecule has 1 aliphatic heterocycles. The summed E-state index contributed by atoms with van der Waals surface area (Å²) in [4.78, 5) is 0. The molecule has 0 saturated carbocycles. The van der Waals surface area contributed by atoms with E-state index in [2.05, 4.69) is 221 Å². The Labute approximate surface area is 333 Å². The molecule has 4 aromatic rings. The van der Waals surface area contributed by atoms with Crippen molar-refractivity contribution in [3.63, 3.8) is 0 Å². The summed E-state index contributed by atoms with van der Waals surface area (Å²) in [6.07, 6.45) is 2.62. The van der Waals surface area contributed by atoms with Gasteiger partial charge >= 0.3 is 0 Å². The lowest BCUT2D eigenvalue weighted by Crippen LogP contribution is -2.32. The molecule has 0 spiro atoms. The van der Waals surface area contributed by atoms with E-state index in [1.807, 2.05) is 0 Å². The first-order chi connectivity index (χ1) is 24.6. The Morgan fingerprint density at radius 1 is 0.407 bits per heavy atom. The van der Waals surface area contributed by atoms with Crippen LogP contribution in [0.25, 0.3) is 11.4 Å². The zero-order valence-corrected chi connectivity index (χ0v) is 38.9. The molecule has 1 aliphatic rings. The number of benzene rings is 4. The van der Waals surface area contributed by atoms with Crippen LogP contribution in [0, 0.1) is 0 Å². The SMILES string of the molecule is CC(C)(C)c1cc(C(C)(C)C)c(P2C=C(c3ccccc3)P(c3c(C(C)(C)C)cc(C(C)(C)C)cc3C(C)(C)C)C2=Cc2ccccc2)c(C(C)(C)C)c1. The van der Waals surface area contributed by atoms with Gasteiger partial charge in [0.25, 0.3) is 0 Å². The second-order valence-electron chi connectivity index (χ2n) is 21.8. The van der Waals surface area contributed by atoms with Gasteiger partial charge in [-0.1, -0.05) is 210 Å². The molecule has 0 radical (unpaired) electrons. The Kier molecular flexibility index (Phi) is 11.5. The molecule has 0 fully saturated rings. The minimum Gasteiger partial charge on any atom is -0.0622 e. The van der Waals surface area contributed by atoms with Gasteiger partial charge in [0.1, 0.15) is 0 Å². The summed E-state index contributed by atoms with van der Waals surface area (Å²) in [6.45, 7) is 43.5. The van der Waals surface area contributed by atoms with Crippen molar-refractivity contribution in [2.45, 2.75) is 157 Å². The van der Waals surface area contributed by atoms with Gasteiger partial charge in [-0.3, -0.25) is 0 Å². The number of hydrogen-bond acceptors (Lipinski definition) is 0. The second kappa shape index (κ2) is 14.6. The van der Waals surface area contributed by atoms with Crippen molar-refractivity contribution in [2.24, 2.45) is 0 Å². The molecule has 0 aromatic heterocycles. The predicted molar refractivity (Wildman–Crippen MR) is 247 cm³/mol. The van der Waals surface area contributed by atoms with Gasteiger partial charge in [-0.05, 0) is 126 Å². The summed E-state index contributed by atoms with van der Waals surface area (Å²) in [7, 11) is -1.79. The predicted octanol–water partition coefficient (Wildman–Crippen LogP) is 15.4.